The molecule has 100 valence electrons. The zero-order valence-corrected chi connectivity index (χ0v) is 10.7. The van der Waals surface area contributed by atoms with Gasteiger partial charge in [0.25, 0.3) is 10.1 Å². The second kappa shape index (κ2) is 3.87. The largest absolute Gasteiger partial charge is 0.291 e. The third-order valence-electron chi connectivity index (χ3n) is 4.98. The molecule has 0 spiro atoms. The molecule has 3 fully saturated rings. The number of ketones is 2. The Balaban J connectivity index is 1.96. The van der Waals surface area contributed by atoms with Gasteiger partial charge < -0.3 is 0 Å². The number of carbonyl (C=O) groups is 2. The Kier molecular flexibility index (Phi) is 2.64. The molecular formula is C12H16O5S. The summed E-state index contributed by atoms with van der Waals surface area (Å²) in [5.74, 6) is -1.20. The molecule has 3 aliphatic carbocycles. The van der Waals surface area contributed by atoms with E-state index in [-0.39, 0.29) is 30.0 Å². The topological polar surface area (TPSA) is 88.5 Å². The van der Waals surface area contributed by atoms with Crippen LogP contribution in [0.3, 0.4) is 0 Å². The summed E-state index contributed by atoms with van der Waals surface area (Å²) >= 11 is 0. The molecule has 0 heterocycles. The maximum atomic E-state index is 11.9. The second-order valence-electron chi connectivity index (χ2n) is 5.82. The van der Waals surface area contributed by atoms with E-state index in [4.69, 9.17) is 0 Å². The minimum absolute atomic E-state index is 0.0387. The summed E-state index contributed by atoms with van der Waals surface area (Å²) < 4.78 is 31.8. The van der Waals surface area contributed by atoms with E-state index >= 15 is 0 Å². The highest BCUT2D eigenvalue weighted by atomic mass is 32.2. The molecule has 3 saturated carbocycles. The van der Waals surface area contributed by atoms with Crippen molar-refractivity contribution in [3.05, 3.63) is 0 Å². The van der Waals surface area contributed by atoms with Gasteiger partial charge >= 0.3 is 0 Å². The van der Waals surface area contributed by atoms with Gasteiger partial charge in [0.15, 0.2) is 0 Å². The monoisotopic (exact) mass is 272 g/mol. The molecule has 5 atom stereocenters. The minimum atomic E-state index is -4.11. The number of rotatable bonds is 1. The molecule has 0 aliphatic heterocycles. The van der Waals surface area contributed by atoms with Crippen LogP contribution in [0.15, 0.2) is 0 Å². The van der Waals surface area contributed by atoms with Gasteiger partial charge in [-0.1, -0.05) is 12.8 Å². The summed E-state index contributed by atoms with van der Waals surface area (Å²) in [6.07, 6.45) is 3.02. The molecule has 3 rings (SSSR count). The first-order valence-corrected chi connectivity index (χ1v) is 7.94. The van der Waals surface area contributed by atoms with E-state index in [1.54, 1.807) is 0 Å². The molecule has 0 radical (unpaired) electrons. The first-order chi connectivity index (χ1) is 8.39. The smallest absolute Gasteiger partial charge is 0.267 e. The molecule has 6 heteroatoms. The predicted octanol–water partition coefficient (Wildman–Crippen LogP) is 0.837. The van der Waals surface area contributed by atoms with Crippen LogP contribution >= 0.6 is 0 Å². The highest BCUT2D eigenvalue weighted by Gasteiger charge is 2.57. The summed E-state index contributed by atoms with van der Waals surface area (Å²) in [5, 5.41) is -0.864. The highest BCUT2D eigenvalue weighted by molar-refractivity contribution is 7.86. The summed E-state index contributed by atoms with van der Waals surface area (Å²) in [6, 6.07) is 0. The summed E-state index contributed by atoms with van der Waals surface area (Å²) in [7, 11) is -4.11. The molecule has 0 aromatic rings. The van der Waals surface area contributed by atoms with Gasteiger partial charge in [-0.25, -0.2) is 0 Å². The minimum Gasteiger partial charge on any atom is -0.291 e. The van der Waals surface area contributed by atoms with E-state index in [0.29, 0.717) is 6.42 Å². The standard InChI is InChI=1S/C12H16O5S/c13-11-8-3-1-2-6-4-7(18(15,16)17)5-9(10(6)8)12(11)14/h6-10H,1-5H2,(H,15,16,17). The number of carbonyl (C=O) groups excluding carboxylic acids is 2. The van der Waals surface area contributed by atoms with Gasteiger partial charge in [-0.3, -0.25) is 14.1 Å². The Bertz CT molecular complexity index is 509. The van der Waals surface area contributed by atoms with Crippen LogP contribution in [0.1, 0.15) is 32.1 Å². The first kappa shape index (κ1) is 12.3. The van der Waals surface area contributed by atoms with Crippen molar-refractivity contribution in [1.29, 1.82) is 0 Å². The van der Waals surface area contributed by atoms with Gasteiger partial charge in [0, 0.05) is 11.8 Å². The summed E-state index contributed by atoms with van der Waals surface area (Å²) in [4.78, 5) is 23.8. The van der Waals surface area contributed by atoms with Gasteiger partial charge in [0.1, 0.15) is 0 Å². The molecule has 0 aromatic carbocycles. The number of hydrogen-bond donors (Lipinski definition) is 1. The molecule has 3 aliphatic rings. The zero-order valence-electron chi connectivity index (χ0n) is 9.91. The molecular weight excluding hydrogens is 256 g/mol. The van der Waals surface area contributed by atoms with E-state index in [1.807, 2.05) is 0 Å². The van der Waals surface area contributed by atoms with E-state index < -0.39 is 27.1 Å². The summed E-state index contributed by atoms with van der Waals surface area (Å²) in [5.41, 5.74) is 0. The molecule has 1 N–H and O–H groups in total. The van der Waals surface area contributed by atoms with Crippen molar-refractivity contribution in [2.24, 2.45) is 23.7 Å². The van der Waals surface area contributed by atoms with Gasteiger partial charge in [-0.2, -0.15) is 8.42 Å². The van der Waals surface area contributed by atoms with Crippen molar-refractivity contribution in [2.75, 3.05) is 0 Å². The van der Waals surface area contributed by atoms with Gasteiger partial charge in [0.2, 0.25) is 11.6 Å². The van der Waals surface area contributed by atoms with Crippen molar-refractivity contribution in [1.82, 2.24) is 0 Å². The Hall–Kier alpha value is -0.750. The van der Waals surface area contributed by atoms with Crippen LogP contribution in [-0.4, -0.2) is 29.8 Å². The predicted molar refractivity (Wildman–Crippen MR) is 62.4 cm³/mol. The molecule has 0 saturated heterocycles. The molecule has 18 heavy (non-hydrogen) atoms. The lowest BCUT2D eigenvalue weighted by atomic mass is 9.64. The van der Waals surface area contributed by atoms with Crippen LogP contribution in [0.5, 0.6) is 0 Å². The van der Waals surface area contributed by atoms with Gasteiger partial charge in [0.05, 0.1) is 5.25 Å². The Morgan fingerprint density at radius 1 is 1.00 bits per heavy atom. The molecule has 0 amide bonds. The average Bonchev–Trinajstić information content (AvgIpc) is 2.56. The molecule has 5 unspecified atom stereocenters. The van der Waals surface area contributed by atoms with Crippen LogP contribution in [0.2, 0.25) is 0 Å². The Morgan fingerprint density at radius 2 is 1.67 bits per heavy atom. The average molecular weight is 272 g/mol. The SMILES string of the molecule is O=C1C(=O)C2CC(S(=O)(=O)O)CC3CCCC1C32. The van der Waals surface area contributed by atoms with Crippen molar-refractivity contribution < 1.29 is 22.6 Å². The van der Waals surface area contributed by atoms with E-state index in [9.17, 15) is 22.6 Å². The van der Waals surface area contributed by atoms with Crippen molar-refractivity contribution >= 4 is 21.7 Å². The van der Waals surface area contributed by atoms with Crippen LogP contribution in [0, 0.1) is 23.7 Å². The Morgan fingerprint density at radius 3 is 2.33 bits per heavy atom. The quantitative estimate of drug-likeness (QED) is 0.564. The highest BCUT2D eigenvalue weighted by Crippen LogP contribution is 2.52. The molecule has 0 bridgehead atoms. The van der Waals surface area contributed by atoms with Crippen molar-refractivity contribution in [3.8, 4) is 0 Å². The number of Topliss-reactive ketones (excluding diaryl/α,β-unsaturated/α-hetero) is 2. The lowest BCUT2D eigenvalue weighted by Gasteiger charge is -2.41. The fraction of sp³-hybridized carbons (Fsp3) is 0.833. The molecule has 0 aromatic heterocycles. The first-order valence-electron chi connectivity index (χ1n) is 6.44. The summed E-state index contributed by atoms with van der Waals surface area (Å²) in [6.45, 7) is 0. The van der Waals surface area contributed by atoms with Gasteiger partial charge in [-0.15, -0.1) is 0 Å². The lowest BCUT2D eigenvalue weighted by Crippen LogP contribution is -2.41. The fourth-order valence-corrected chi connectivity index (χ4v) is 5.21. The third-order valence-corrected chi connectivity index (χ3v) is 6.21. The van der Waals surface area contributed by atoms with E-state index in [0.717, 1.165) is 19.3 Å². The molecule has 5 nitrogen and oxygen atoms in total. The zero-order chi connectivity index (χ0) is 13.1. The van der Waals surface area contributed by atoms with E-state index in [2.05, 4.69) is 0 Å². The lowest BCUT2D eigenvalue weighted by molar-refractivity contribution is -0.137. The number of hydrogen-bond acceptors (Lipinski definition) is 4. The van der Waals surface area contributed by atoms with Gasteiger partial charge in [-0.05, 0) is 31.1 Å². The maximum absolute atomic E-state index is 11.9. The van der Waals surface area contributed by atoms with Crippen LogP contribution in [0.4, 0.5) is 0 Å². The second-order valence-corrected chi connectivity index (χ2v) is 7.51. The Labute approximate surface area is 106 Å². The van der Waals surface area contributed by atoms with Crippen LogP contribution in [0.25, 0.3) is 0 Å². The van der Waals surface area contributed by atoms with Crippen molar-refractivity contribution in [3.63, 3.8) is 0 Å². The van der Waals surface area contributed by atoms with E-state index in [1.165, 1.54) is 0 Å². The maximum Gasteiger partial charge on any atom is 0.267 e. The van der Waals surface area contributed by atoms with Crippen molar-refractivity contribution in [2.45, 2.75) is 37.4 Å². The normalized spacial score (nSPS) is 43.9. The third kappa shape index (κ3) is 1.66. The fourth-order valence-electron chi connectivity index (χ4n) is 4.27. The van der Waals surface area contributed by atoms with Crippen LogP contribution in [-0.2, 0) is 19.7 Å². The van der Waals surface area contributed by atoms with Crippen LogP contribution < -0.4 is 0 Å².